The topological polar surface area (TPSA) is 30.7 Å². The lowest BCUT2D eigenvalue weighted by atomic mass is 10.4. The van der Waals surface area contributed by atoms with Crippen molar-refractivity contribution in [3.63, 3.8) is 0 Å². The molecule has 7 heteroatoms. The normalized spacial score (nSPS) is 11.8. The van der Waals surface area contributed by atoms with Gasteiger partial charge in [0.25, 0.3) is 0 Å². The molecule has 0 aliphatic carbocycles. The third kappa shape index (κ3) is 2.01. The van der Waals surface area contributed by atoms with Crippen molar-refractivity contribution in [2.75, 3.05) is 0 Å². The SMILES string of the molecule is FC(F)(F)c1ccn(-c2ncccc2Cl)n1. The van der Waals surface area contributed by atoms with Gasteiger partial charge < -0.3 is 0 Å². The minimum atomic E-state index is -4.47. The number of nitrogens with zero attached hydrogens (tertiary/aromatic N) is 3. The maximum absolute atomic E-state index is 12.3. The predicted molar refractivity (Wildman–Crippen MR) is 51.4 cm³/mol. The van der Waals surface area contributed by atoms with E-state index in [-0.39, 0.29) is 10.8 Å². The van der Waals surface area contributed by atoms with Crippen molar-refractivity contribution >= 4 is 11.6 Å². The fraction of sp³-hybridized carbons (Fsp3) is 0.111. The van der Waals surface area contributed by atoms with Crippen molar-refractivity contribution < 1.29 is 13.2 Å². The van der Waals surface area contributed by atoms with Gasteiger partial charge in [0.1, 0.15) is 0 Å². The predicted octanol–water partition coefficient (Wildman–Crippen LogP) is 2.94. The van der Waals surface area contributed by atoms with Gasteiger partial charge in [0.15, 0.2) is 11.5 Å². The molecule has 0 unspecified atom stereocenters. The molecule has 0 atom stereocenters. The smallest absolute Gasteiger partial charge is 0.236 e. The van der Waals surface area contributed by atoms with Crippen LogP contribution in [0.5, 0.6) is 0 Å². The highest BCUT2D eigenvalue weighted by atomic mass is 35.5. The molecular weight excluding hydrogens is 243 g/mol. The fourth-order valence-electron chi connectivity index (χ4n) is 1.14. The van der Waals surface area contributed by atoms with Crippen LogP contribution in [0.4, 0.5) is 13.2 Å². The molecule has 2 aromatic heterocycles. The first-order valence-electron chi connectivity index (χ1n) is 4.22. The summed E-state index contributed by atoms with van der Waals surface area (Å²) in [5.41, 5.74) is -0.978. The van der Waals surface area contributed by atoms with E-state index >= 15 is 0 Å². The Morgan fingerprint density at radius 3 is 2.56 bits per heavy atom. The first-order valence-corrected chi connectivity index (χ1v) is 4.60. The van der Waals surface area contributed by atoms with Crippen LogP contribution in [0.2, 0.25) is 5.02 Å². The minimum absolute atomic E-state index is 0.166. The molecule has 0 amide bonds. The Morgan fingerprint density at radius 2 is 2.00 bits per heavy atom. The summed E-state index contributed by atoms with van der Waals surface area (Å²) in [5.74, 6) is 0.166. The molecule has 0 aliphatic heterocycles. The van der Waals surface area contributed by atoms with Crippen molar-refractivity contribution in [3.05, 3.63) is 41.3 Å². The molecule has 16 heavy (non-hydrogen) atoms. The van der Waals surface area contributed by atoms with Crippen LogP contribution in [-0.4, -0.2) is 14.8 Å². The van der Waals surface area contributed by atoms with Crippen molar-refractivity contribution in [2.45, 2.75) is 6.18 Å². The summed E-state index contributed by atoms with van der Waals surface area (Å²) in [6.45, 7) is 0. The lowest BCUT2D eigenvalue weighted by Gasteiger charge is -2.03. The van der Waals surface area contributed by atoms with Gasteiger partial charge in [-0.2, -0.15) is 18.3 Å². The summed E-state index contributed by atoms with van der Waals surface area (Å²) in [6.07, 6.45) is -1.88. The number of rotatable bonds is 1. The lowest BCUT2D eigenvalue weighted by Crippen LogP contribution is -2.07. The zero-order valence-electron chi connectivity index (χ0n) is 7.74. The van der Waals surface area contributed by atoms with Gasteiger partial charge in [0.05, 0.1) is 5.02 Å². The maximum atomic E-state index is 12.3. The summed E-state index contributed by atoms with van der Waals surface area (Å²) in [4.78, 5) is 3.85. The average Bonchev–Trinajstić information content (AvgIpc) is 2.66. The fourth-order valence-corrected chi connectivity index (χ4v) is 1.35. The van der Waals surface area contributed by atoms with E-state index in [4.69, 9.17) is 11.6 Å². The van der Waals surface area contributed by atoms with Crippen molar-refractivity contribution in [1.29, 1.82) is 0 Å². The quantitative estimate of drug-likeness (QED) is 0.776. The molecule has 2 heterocycles. The zero-order chi connectivity index (χ0) is 11.8. The van der Waals surface area contributed by atoms with Crippen LogP contribution in [-0.2, 0) is 6.18 Å². The van der Waals surface area contributed by atoms with E-state index in [1.807, 2.05) is 0 Å². The van der Waals surface area contributed by atoms with E-state index in [0.717, 1.165) is 16.9 Å². The van der Waals surface area contributed by atoms with Gasteiger partial charge >= 0.3 is 6.18 Å². The highest BCUT2D eigenvalue weighted by molar-refractivity contribution is 6.32. The van der Waals surface area contributed by atoms with Crippen molar-refractivity contribution in [2.24, 2.45) is 0 Å². The molecule has 2 aromatic rings. The van der Waals surface area contributed by atoms with Gasteiger partial charge in [-0.3, -0.25) is 0 Å². The molecular formula is C9H5ClF3N3. The van der Waals surface area contributed by atoms with Crippen LogP contribution >= 0.6 is 11.6 Å². The molecule has 0 saturated carbocycles. The van der Waals surface area contributed by atoms with Gasteiger partial charge in [-0.15, -0.1) is 0 Å². The van der Waals surface area contributed by atoms with Crippen molar-refractivity contribution in [3.8, 4) is 5.82 Å². The summed E-state index contributed by atoms with van der Waals surface area (Å²) in [7, 11) is 0. The Balaban J connectivity index is 2.44. The van der Waals surface area contributed by atoms with Crippen LogP contribution in [0.1, 0.15) is 5.69 Å². The molecule has 0 radical (unpaired) electrons. The molecule has 0 aromatic carbocycles. The van der Waals surface area contributed by atoms with E-state index in [2.05, 4.69) is 10.1 Å². The second kappa shape index (κ2) is 3.79. The Kier molecular flexibility index (Phi) is 2.59. The molecule has 2 rings (SSSR count). The molecule has 0 fully saturated rings. The summed E-state index contributed by atoms with van der Waals surface area (Å²) in [5, 5.41) is 3.59. The number of alkyl halides is 3. The highest BCUT2D eigenvalue weighted by Gasteiger charge is 2.33. The Morgan fingerprint density at radius 1 is 1.25 bits per heavy atom. The van der Waals surface area contributed by atoms with E-state index in [9.17, 15) is 13.2 Å². The second-order valence-electron chi connectivity index (χ2n) is 2.95. The number of aromatic nitrogens is 3. The van der Waals surface area contributed by atoms with Gasteiger partial charge in [-0.25, -0.2) is 9.67 Å². The maximum Gasteiger partial charge on any atom is 0.435 e. The Bertz CT molecular complexity index is 507. The summed E-state index contributed by atoms with van der Waals surface area (Å²) < 4.78 is 37.9. The lowest BCUT2D eigenvalue weighted by molar-refractivity contribution is -0.141. The molecule has 0 aliphatic rings. The van der Waals surface area contributed by atoms with Crippen LogP contribution < -0.4 is 0 Å². The summed E-state index contributed by atoms with van der Waals surface area (Å²) >= 11 is 5.78. The third-order valence-corrected chi connectivity index (χ3v) is 2.13. The largest absolute Gasteiger partial charge is 0.435 e. The molecule has 0 bridgehead atoms. The highest BCUT2D eigenvalue weighted by Crippen LogP contribution is 2.28. The third-order valence-electron chi connectivity index (χ3n) is 1.84. The van der Waals surface area contributed by atoms with E-state index < -0.39 is 11.9 Å². The summed E-state index contributed by atoms with van der Waals surface area (Å²) in [6, 6.07) is 3.98. The standard InChI is InChI=1S/C9H5ClF3N3/c10-6-2-1-4-14-8(6)16-5-3-7(15-16)9(11,12)13/h1-5H. The van der Waals surface area contributed by atoms with Crippen molar-refractivity contribution in [1.82, 2.24) is 14.8 Å². The average molecular weight is 248 g/mol. The van der Waals surface area contributed by atoms with Gasteiger partial charge in [0, 0.05) is 12.4 Å². The zero-order valence-corrected chi connectivity index (χ0v) is 8.50. The van der Waals surface area contributed by atoms with Crippen LogP contribution in [0.15, 0.2) is 30.6 Å². The Labute approximate surface area is 93.5 Å². The second-order valence-corrected chi connectivity index (χ2v) is 3.36. The molecule has 3 nitrogen and oxygen atoms in total. The number of pyridine rings is 1. The van der Waals surface area contributed by atoms with E-state index in [1.54, 1.807) is 6.07 Å². The monoisotopic (exact) mass is 247 g/mol. The van der Waals surface area contributed by atoms with Crippen LogP contribution in [0.25, 0.3) is 5.82 Å². The molecule has 0 spiro atoms. The number of hydrogen-bond acceptors (Lipinski definition) is 2. The first kappa shape index (κ1) is 10.9. The van der Waals surface area contributed by atoms with E-state index in [0.29, 0.717) is 0 Å². The van der Waals surface area contributed by atoms with Gasteiger partial charge in [-0.1, -0.05) is 11.6 Å². The molecule has 0 N–H and O–H groups in total. The number of hydrogen-bond donors (Lipinski definition) is 0. The molecule has 84 valence electrons. The minimum Gasteiger partial charge on any atom is -0.236 e. The van der Waals surface area contributed by atoms with Crippen LogP contribution in [0.3, 0.4) is 0 Å². The Hall–Kier alpha value is -1.56. The molecule has 0 saturated heterocycles. The van der Waals surface area contributed by atoms with Crippen LogP contribution in [0, 0.1) is 0 Å². The van der Waals surface area contributed by atoms with E-state index in [1.165, 1.54) is 12.3 Å². The first-order chi connectivity index (χ1) is 7.48. The number of halogens is 4. The van der Waals surface area contributed by atoms with Gasteiger partial charge in [-0.05, 0) is 18.2 Å². The van der Waals surface area contributed by atoms with Gasteiger partial charge in [0.2, 0.25) is 0 Å².